The second-order valence-corrected chi connectivity index (χ2v) is 5.77. The molecule has 0 aliphatic carbocycles. The van der Waals surface area contributed by atoms with Crippen molar-refractivity contribution in [3.05, 3.63) is 40.3 Å². The lowest BCUT2D eigenvalue weighted by atomic mass is 10.1. The number of rotatable bonds is 3. The van der Waals surface area contributed by atoms with Gasteiger partial charge in [0.1, 0.15) is 0 Å². The molecule has 0 bridgehead atoms. The van der Waals surface area contributed by atoms with Crippen molar-refractivity contribution < 1.29 is 4.39 Å². The van der Waals surface area contributed by atoms with Gasteiger partial charge in [0.15, 0.2) is 0 Å². The molecule has 1 fully saturated rings. The van der Waals surface area contributed by atoms with Crippen molar-refractivity contribution in [2.24, 2.45) is 0 Å². The summed E-state index contributed by atoms with van der Waals surface area (Å²) < 4.78 is 13.8. The molecule has 0 aromatic carbocycles. The van der Waals surface area contributed by atoms with Crippen LogP contribution in [0.5, 0.6) is 0 Å². The molecule has 0 spiro atoms. The Hall–Kier alpha value is -2.51. The smallest absolute Gasteiger partial charge is 0.288 e. The van der Waals surface area contributed by atoms with E-state index in [9.17, 15) is 9.18 Å². The van der Waals surface area contributed by atoms with Crippen molar-refractivity contribution >= 4 is 11.9 Å². The zero-order valence-electron chi connectivity index (χ0n) is 13.2. The number of halogens is 1. The van der Waals surface area contributed by atoms with Crippen LogP contribution in [0.4, 0.5) is 16.3 Å². The molecular formula is C15H19FN6O. The van der Waals surface area contributed by atoms with Gasteiger partial charge in [0.2, 0.25) is 17.7 Å². The maximum atomic E-state index is 13.8. The molecule has 8 heteroatoms. The molecule has 1 N–H and O–H groups in total. The molecule has 0 saturated carbocycles. The summed E-state index contributed by atoms with van der Waals surface area (Å²) in [5.41, 5.74) is -0.509. The minimum absolute atomic E-state index is 0.143. The Morgan fingerprint density at radius 1 is 1.13 bits per heavy atom. The predicted octanol–water partition coefficient (Wildman–Crippen LogP) is 1.15. The maximum absolute atomic E-state index is 13.8. The average Bonchev–Trinajstić information content (AvgIpc) is 2.58. The van der Waals surface area contributed by atoms with Crippen LogP contribution >= 0.6 is 0 Å². The minimum atomic E-state index is -0.792. The van der Waals surface area contributed by atoms with Gasteiger partial charge < -0.3 is 9.80 Å². The molecule has 2 aromatic rings. The zero-order chi connectivity index (χ0) is 16.4. The van der Waals surface area contributed by atoms with E-state index in [0.717, 1.165) is 0 Å². The first-order chi connectivity index (χ1) is 11.1. The fourth-order valence-corrected chi connectivity index (χ4v) is 2.57. The number of hydrogen-bond donors (Lipinski definition) is 1. The van der Waals surface area contributed by atoms with Gasteiger partial charge in [0.05, 0.1) is 5.69 Å². The monoisotopic (exact) mass is 318 g/mol. The summed E-state index contributed by atoms with van der Waals surface area (Å²) >= 11 is 0. The number of nitrogens with one attached hydrogen (secondary N) is 1. The van der Waals surface area contributed by atoms with E-state index in [2.05, 4.69) is 24.8 Å². The number of H-pyrrole nitrogens is 1. The molecule has 2 aromatic heterocycles. The number of hydrogen-bond acceptors (Lipinski definition) is 6. The van der Waals surface area contributed by atoms with Gasteiger partial charge in [0.25, 0.3) is 5.56 Å². The first-order valence-corrected chi connectivity index (χ1v) is 7.63. The first kappa shape index (κ1) is 15.4. The largest absolute Gasteiger partial charge is 0.339 e. The van der Waals surface area contributed by atoms with Crippen LogP contribution in [-0.2, 0) is 0 Å². The van der Waals surface area contributed by atoms with Crippen LogP contribution in [-0.4, -0.2) is 46.1 Å². The summed E-state index contributed by atoms with van der Waals surface area (Å²) in [5, 5.41) is 0. The Morgan fingerprint density at radius 2 is 1.74 bits per heavy atom. The van der Waals surface area contributed by atoms with Gasteiger partial charge >= 0.3 is 0 Å². The predicted molar refractivity (Wildman–Crippen MR) is 85.4 cm³/mol. The van der Waals surface area contributed by atoms with Crippen LogP contribution in [0, 0.1) is 5.82 Å². The fraction of sp³-hybridized carbons (Fsp3) is 0.467. The third-order valence-corrected chi connectivity index (χ3v) is 3.84. The fourth-order valence-electron chi connectivity index (χ4n) is 2.57. The van der Waals surface area contributed by atoms with E-state index < -0.39 is 11.4 Å². The molecule has 23 heavy (non-hydrogen) atoms. The SMILES string of the molecule is CC(C)c1nc(N2CCN(c3ncccn3)CC2)[nH]c(=O)c1F. The molecule has 1 aliphatic rings. The average molecular weight is 318 g/mol. The molecule has 3 heterocycles. The van der Waals surface area contributed by atoms with E-state index in [0.29, 0.717) is 38.1 Å². The van der Waals surface area contributed by atoms with E-state index in [4.69, 9.17) is 0 Å². The van der Waals surface area contributed by atoms with Crippen LogP contribution in [0.15, 0.2) is 23.3 Å². The van der Waals surface area contributed by atoms with E-state index in [1.165, 1.54) is 0 Å². The van der Waals surface area contributed by atoms with Crippen molar-refractivity contribution in [3.63, 3.8) is 0 Å². The van der Waals surface area contributed by atoms with Crippen LogP contribution in [0.25, 0.3) is 0 Å². The molecule has 3 rings (SSSR count). The third kappa shape index (κ3) is 3.15. The van der Waals surface area contributed by atoms with E-state index >= 15 is 0 Å². The molecule has 7 nitrogen and oxygen atoms in total. The summed E-state index contributed by atoms with van der Waals surface area (Å²) in [5.74, 6) is 0.180. The quantitative estimate of drug-likeness (QED) is 0.915. The topological polar surface area (TPSA) is 78.0 Å². The summed E-state index contributed by atoms with van der Waals surface area (Å²) in [6.45, 7) is 6.37. The number of aromatic nitrogens is 4. The van der Waals surface area contributed by atoms with E-state index in [1.807, 2.05) is 18.7 Å². The Morgan fingerprint density at radius 3 is 2.35 bits per heavy atom. The first-order valence-electron chi connectivity index (χ1n) is 7.63. The molecule has 0 amide bonds. The van der Waals surface area contributed by atoms with E-state index in [-0.39, 0.29) is 11.6 Å². The van der Waals surface area contributed by atoms with Crippen molar-refractivity contribution in [1.29, 1.82) is 0 Å². The summed E-state index contributed by atoms with van der Waals surface area (Å²) in [6.07, 6.45) is 3.42. The number of piperazine rings is 1. The maximum Gasteiger partial charge on any atom is 0.288 e. The van der Waals surface area contributed by atoms with Crippen LogP contribution < -0.4 is 15.4 Å². The van der Waals surface area contributed by atoms with E-state index in [1.54, 1.807) is 18.5 Å². The second kappa shape index (κ2) is 6.31. The van der Waals surface area contributed by atoms with Gasteiger partial charge in [-0.2, -0.15) is 4.39 Å². The number of aromatic amines is 1. The van der Waals surface area contributed by atoms with Crippen molar-refractivity contribution in [2.75, 3.05) is 36.0 Å². The van der Waals surface area contributed by atoms with Gasteiger partial charge in [-0.15, -0.1) is 0 Å². The lowest BCUT2D eigenvalue weighted by Crippen LogP contribution is -2.48. The molecule has 1 aliphatic heterocycles. The Bertz CT molecular complexity index is 724. The van der Waals surface area contributed by atoms with Crippen LogP contribution in [0.1, 0.15) is 25.5 Å². The number of nitrogens with zero attached hydrogens (tertiary/aromatic N) is 5. The van der Waals surface area contributed by atoms with Crippen molar-refractivity contribution in [3.8, 4) is 0 Å². The second-order valence-electron chi connectivity index (χ2n) is 5.77. The van der Waals surface area contributed by atoms with Gasteiger partial charge in [-0.3, -0.25) is 9.78 Å². The normalized spacial score (nSPS) is 15.3. The van der Waals surface area contributed by atoms with Crippen LogP contribution in [0.3, 0.4) is 0 Å². The molecular weight excluding hydrogens is 299 g/mol. The standard InChI is InChI=1S/C15H19FN6O/c1-10(2)12-11(16)13(23)20-15(19-12)22-8-6-21(7-9-22)14-17-4-3-5-18-14/h3-5,10H,6-9H2,1-2H3,(H,19,20,23). The zero-order valence-corrected chi connectivity index (χ0v) is 13.2. The van der Waals surface area contributed by atoms with Crippen LogP contribution in [0.2, 0.25) is 0 Å². The highest BCUT2D eigenvalue weighted by Crippen LogP contribution is 2.18. The molecule has 0 unspecified atom stereocenters. The highest BCUT2D eigenvalue weighted by molar-refractivity contribution is 5.37. The van der Waals surface area contributed by atoms with Gasteiger partial charge in [-0.1, -0.05) is 13.8 Å². The summed E-state index contributed by atoms with van der Waals surface area (Å²) in [7, 11) is 0. The lowest BCUT2D eigenvalue weighted by Gasteiger charge is -2.35. The molecule has 122 valence electrons. The summed E-state index contributed by atoms with van der Waals surface area (Å²) in [4.78, 5) is 31.1. The van der Waals surface area contributed by atoms with Gasteiger partial charge in [-0.25, -0.2) is 15.0 Å². The van der Waals surface area contributed by atoms with Crippen molar-refractivity contribution in [2.45, 2.75) is 19.8 Å². The molecule has 0 atom stereocenters. The van der Waals surface area contributed by atoms with Gasteiger partial charge in [-0.05, 0) is 12.0 Å². The third-order valence-electron chi connectivity index (χ3n) is 3.84. The minimum Gasteiger partial charge on any atom is -0.339 e. The molecule has 1 saturated heterocycles. The van der Waals surface area contributed by atoms with Gasteiger partial charge in [0, 0.05) is 38.6 Å². The Kier molecular flexibility index (Phi) is 4.22. The summed E-state index contributed by atoms with van der Waals surface area (Å²) in [6, 6.07) is 1.78. The highest BCUT2D eigenvalue weighted by atomic mass is 19.1. The Balaban J connectivity index is 1.77. The van der Waals surface area contributed by atoms with Crippen molar-refractivity contribution in [1.82, 2.24) is 19.9 Å². The Labute approximate surface area is 133 Å². The highest BCUT2D eigenvalue weighted by Gasteiger charge is 2.22. The molecule has 0 radical (unpaired) electrons. The lowest BCUT2D eigenvalue weighted by molar-refractivity contribution is 0.556. The number of anilines is 2.